The number of nitrogens with zero attached hydrogens (tertiary/aromatic N) is 1. The summed E-state index contributed by atoms with van der Waals surface area (Å²) in [7, 11) is 0. The molecule has 2 aliphatic rings. The van der Waals surface area contributed by atoms with E-state index in [4.69, 9.17) is 43.9 Å². The van der Waals surface area contributed by atoms with Crippen molar-refractivity contribution in [2.45, 2.75) is 49.7 Å². The molecule has 0 radical (unpaired) electrons. The lowest BCUT2D eigenvalue weighted by Gasteiger charge is -2.44. The van der Waals surface area contributed by atoms with Gasteiger partial charge in [0.25, 0.3) is 0 Å². The van der Waals surface area contributed by atoms with Crippen LogP contribution in [0.3, 0.4) is 0 Å². The van der Waals surface area contributed by atoms with Gasteiger partial charge in [-0.05, 0) is 91.0 Å². The van der Waals surface area contributed by atoms with Crippen molar-refractivity contribution in [1.29, 1.82) is 0 Å². The molecule has 2 saturated carbocycles. The van der Waals surface area contributed by atoms with Crippen molar-refractivity contribution in [3.63, 3.8) is 0 Å². The number of hydrogen-bond acceptors (Lipinski definition) is 5. The van der Waals surface area contributed by atoms with Gasteiger partial charge in [-0.25, -0.2) is 9.18 Å². The molecule has 2 N–H and O–H groups in total. The van der Waals surface area contributed by atoms with E-state index in [9.17, 15) is 19.4 Å². The van der Waals surface area contributed by atoms with Crippen molar-refractivity contribution in [1.82, 2.24) is 4.37 Å². The Morgan fingerprint density at radius 3 is 2.40 bits per heavy atom. The highest BCUT2D eigenvalue weighted by atomic mass is 35.5. The lowest BCUT2D eigenvalue weighted by atomic mass is 9.65. The van der Waals surface area contributed by atoms with Crippen LogP contribution in [0.15, 0.2) is 54.6 Å². The molecule has 1 heterocycles. The quantitative estimate of drug-likeness (QED) is 0.206. The van der Waals surface area contributed by atoms with Crippen molar-refractivity contribution >= 4 is 52.3 Å². The van der Waals surface area contributed by atoms with E-state index in [0.717, 1.165) is 30.2 Å². The summed E-state index contributed by atoms with van der Waals surface area (Å²) < 4.78 is 24.7. The van der Waals surface area contributed by atoms with E-state index >= 15 is 0 Å². The molecule has 0 aliphatic heterocycles. The molecule has 1 aromatic heterocycles. The van der Waals surface area contributed by atoms with Gasteiger partial charge in [0.05, 0.1) is 31.9 Å². The molecule has 0 saturated heterocycles. The maximum absolute atomic E-state index is 13.8. The summed E-state index contributed by atoms with van der Waals surface area (Å²) in [5.41, 5.74) is 2.07. The van der Waals surface area contributed by atoms with Crippen LogP contribution in [0.5, 0.6) is 5.75 Å². The smallest absolute Gasteiger partial charge is 0.338 e. The molecule has 0 spiro atoms. The summed E-state index contributed by atoms with van der Waals surface area (Å²) in [5, 5.41) is 21.9. The van der Waals surface area contributed by atoms with Crippen LogP contribution >= 0.6 is 46.3 Å². The first-order chi connectivity index (χ1) is 19.1. The maximum Gasteiger partial charge on any atom is 0.338 e. The molecule has 206 valence electrons. The van der Waals surface area contributed by atoms with Gasteiger partial charge in [0.2, 0.25) is 0 Å². The average molecular weight is 619 g/mol. The second-order valence-corrected chi connectivity index (χ2v) is 12.4. The second-order valence-electron chi connectivity index (χ2n) is 10.4. The minimum Gasteiger partial charge on any atom is -0.489 e. The van der Waals surface area contributed by atoms with Crippen molar-refractivity contribution in [3.8, 4) is 17.0 Å². The van der Waals surface area contributed by atoms with E-state index < -0.39 is 17.4 Å². The first kappa shape index (κ1) is 27.5. The molecule has 6 rings (SSSR count). The molecular formula is C30H23Cl3FNO4S. The van der Waals surface area contributed by atoms with E-state index in [2.05, 4.69) is 0 Å². The van der Waals surface area contributed by atoms with Gasteiger partial charge in [0.15, 0.2) is 0 Å². The van der Waals surface area contributed by atoms with Crippen LogP contribution < -0.4 is 4.74 Å². The van der Waals surface area contributed by atoms with Crippen molar-refractivity contribution in [2.75, 3.05) is 0 Å². The molecule has 0 amide bonds. The van der Waals surface area contributed by atoms with Gasteiger partial charge in [-0.3, -0.25) is 0 Å². The Hall–Kier alpha value is -2.68. The summed E-state index contributed by atoms with van der Waals surface area (Å²) in [6.45, 7) is 0.262. The van der Waals surface area contributed by atoms with Gasteiger partial charge < -0.3 is 14.9 Å². The standard InChI is InChI=1S/C30H23Cl3FNO4S/c31-22-2-1-3-23(32)26(22)27-20(28(40-35-27)15-4-5-15)14-39-18-7-8-21(24(33)11-18)30(38)12-17(13-30)16-6-9-25(34)19(10-16)29(36)37/h1-3,6-11,15,17,38H,4-5,12-14H2,(H,36,37). The Bertz CT molecular complexity index is 1610. The zero-order chi connectivity index (χ0) is 28.2. The number of aliphatic hydroxyl groups is 1. The van der Waals surface area contributed by atoms with Gasteiger partial charge in [-0.15, -0.1) is 0 Å². The van der Waals surface area contributed by atoms with Crippen molar-refractivity contribution in [2.24, 2.45) is 0 Å². The van der Waals surface area contributed by atoms with Crippen LogP contribution in [0.2, 0.25) is 15.1 Å². The average Bonchev–Trinajstić information content (AvgIpc) is 3.66. The Balaban J connectivity index is 1.19. The zero-order valence-corrected chi connectivity index (χ0v) is 24.0. The number of carboxylic acids is 1. The number of hydrogen-bond donors (Lipinski definition) is 2. The highest BCUT2D eigenvalue weighted by Gasteiger charge is 2.46. The lowest BCUT2D eigenvalue weighted by molar-refractivity contribution is -0.0549. The molecule has 3 aromatic carbocycles. The summed E-state index contributed by atoms with van der Waals surface area (Å²) in [6, 6.07) is 14.6. The largest absolute Gasteiger partial charge is 0.489 e. The summed E-state index contributed by atoms with van der Waals surface area (Å²) >= 11 is 21.1. The number of aromatic nitrogens is 1. The second kappa shape index (κ2) is 10.6. The Morgan fingerprint density at radius 1 is 1.02 bits per heavy atom. The Labute approximate surface area is 249 Å². The van der Waals surface area contributed by atoms with E-state index in [0.29, 0.717) is 56.3 Å². The van der Waals surface area contributed by atoms with Crippen LogP contribution in [-0.2, 0) is 12.2 Å². The third-order valence-electron chi connectivity index (χ3n) is 7.65. The summed E-state index contributed by atoms with van der Waals surface area (Å²) in [6.07, 6.45) is 2.90. The SMILES string of the molecule is O=C(O)c1cc(C2CC(O)(c3ccc(OCc4c(-c5c(Cl)cccc5Cl)nsc4C4CC4)cc3Cl)C2)ccc1F. The molecule has 40 heavy (non-hydrogen) atoms. The first-order valence-corrected chi connectivity index (χ1v) is 14.7. The number of rotatable bonds is 8. The summed E-state index contributed by atoms with van der Waals surface area (Å²) in [4.78, 5) is 12.5. The highest BCUT2D eigenvalue weighted by Crippen LogP contribution is 2.53. The molecule has 0 atom stereocenters. The number of aromatic carboxylic acids is 1. The Morgan fingerprint density at radius 2 is 1.75 bits per heavy atom. The van der Waals surface area contributed by atoms with Gasteiger partial charge in [-0.1, -0.05) is 53.0 Å². The molecule has 4 aromatic rings. The third-order valence-corrected chi connectivity index (χ3v) is 9.64. The normalized spacial score (nSPS) is 20.3. The lowest BCUT2D eigenvalue weighted by Crippen LogP contribution is -2.40. The molecule has 2 fully saturated rings. The zero-order valence-electron chi connectivity index (χ0n) is 21.0. The van der Waals surface area contributed by atoms with E-state index in [-0.39, 0.29) is 18.1 Å². The molecular weight excluding hydrogens is 596 g/mol. The molecule has 5 nitrogen and oxygen atoms in total. The molecule has 0 bridgehead atoms. The summed E-state index contributed by atoms with van der Waals surface area (Å²) in [5.74, 6) is -1.21. The van der Waals surface area contributed by atoms with Gasteiger partial charge in [0, 0.05) is 21.6 Å². The fourth-order valence-electron chi connectivity index (χ4n) is 5.34. The van der Waals surface area contributed by atoms with Gasteiger partial charge >= 0.3 is 5.97 Å². The van der Waals surface area contributed by atoms with E-state index in [1.165, 1.54) is 22.5 Å². The van der Waals surface area contributed by atoms with E-state index in [1.54, 1.807) is 42.5 Å². The highest BCUT2D eigenvalue weighted by molar-refractivity contribution is 7.06. The maximum atomic E-state index is 13.8. The minimum atomic E-state index is -1.32. The number of ether oxygens (including phenoxy) is 1. The van der Waals surface area contributed by atoms with Crippen LogP contribution in [0.1, 0.15) is 69.4 Å². The van der Waals surface area contributed by atoms with Crippen molar-refractivity contribution < 1.29 is 24.1 Å². The van der Waals surface area contributed by atoms with Crippen LogP contribution in [-0.4, -0.2) is 20.6 Å². The Kier molecular flexibility index (Phi) is 7.30. The van der Waals surface area contributed by atoms with Crippen molar-refractivity contribution in [3.05, 3.63) is 103 Å². The van der Waals surface area contributed by atoms with Crippen LogP contribution in [0.4, 0.5) is 4.39 Å². The number of halogens is 4. The van der Waals surface area contributed by atoms with E-state index in [1.807, 2.05) is 0 Å². The number of carboxylic acid groups (broad SMARTS) is 1. The molecule has 0 unspecified atom stereocenters. The molecule has 2 aliphatic carbocycles. The molecule has 10 heteroatoms. The van der Waals surface area contributed by atoms with Gasteiger partial charge in [0.1, 0.15) is 18.2 Å². The minimum absolute atomic E-state index is 0.113. The van der Waals surface area contributed by atoms with Crippen LogP contribution in [0, 0.1) is 5.82 Å². The third kappa shape index (κ3) is 5.10. The fraction of sp³-hybridized carbons (Fsp3) is 0.267. The topological polar surface area (TPSA) is 79.7 Å². The predicted molar refractivity (Wildman–Crippen MR) is 155 cm³/mol. The van der Waals surface area contributed by atoms with Crippen LogP contribution in [0.25, 0.3) is 11.3 Å². The monoisotopic (exact) mass is 617 g/mol. The van der Waals surface area contributed by atoms with Gasteiger partial charge in [-0.2, -0.15) is 4.37 Å². The number of benzene rings is 3. The fourth-order valence-corrected chi connectivity index (χ4v) is 7.30. The number of carbonyl (C=O) groups is 1. The predicted octanol–water partition coefficient (Wildman–Crippen LogP) is 8.83. The first-order valence-electron chi connectivity index (χ1n) is 12.8.